The summed E-state index contributed by atoms with van der Waals surface area (Å²) in [7, 11) is 1.73. The second kappa shape index (κ2) is 9.13. The van der Waals surface area contributed by atoms with Gasteiger partial charge in [0.1, 0.15) is 17.2 Å². The van der Waals surface area contributed by atoms with Gasteiger partial charge in [0.25, 0.3) is 5.91 Å². The van der Waals surface area contributed by atoms with Gasteiger partial charge >= 0.3 is 0 Å². The molecule has 1 aromatic carbocycles. The number of fused-ring (bicyclic) bond motifs is 1. The van der Waals surface area contributed by atoms with E-state index in [1.165, 1.54) is 37.5 Å². The van der Waals surface area contributed by atoms with Crippen molar-refractivity contribution in [3.8, 4) is 0 Å². The second-order valence-corrected chi connectivity index (χ2v) is 10.9. The van der Waals surface area contributed by atoms with E-state index in [2.05, 4.69) is 15.3 Å². The van der Waals surface area contributed by atoms with Crippen LogP contribution in [0.1, 0.15) is 66.9 Å². The molecule has 1 saturated heterocycles. The molecule has 5 rings (SSSR count). The first-order valence-corrected chi connectivity index (χ1v) is 12.6. The fraction of sp³-hybridized carbons (Fsp3) is 0.600. The maximum atomic E-state index is 13.5. The number of anilines is 2. The zero-order valence-corrected chi connectivity index (χ0v) is 20.3. The minimum atomic E-state index is -0.608. The van der Waals surface area contributed by atoms with Crippen LogP contribution in [0.25, 0.3) is 0 Å². The number of likely N-dealkylation sites (tertiary alicyclic amines) is 1. The zero-order chi connectivity index (χ0) is 24.0. The molecule has 1 amide bonds. The number of aromatic nitrogens is 2. The summed E-state index contributed by atoms with van der Waals surface area (Å²) in [6, 6.07) is 4.06. The SMILES string of the molecule is Cn1nc(C2CC3CC(O)(CN4CCCCC4)CC3C2)c(C(=O)Nc2ccc(F)c(Cl)c2)c1N. The lowest BCUT2D eigenvalue weighted by Gasteiger charge is -2.34. The number of rotatable bonds is 5. The van der Waals surface area contributed by atoms with Crippen LogP contribution in [-0.2, 0) is 7.05 Å². The molecule has 2 atom stereocenters. The van der Waals surface area contributed by atoms with Gasteiger partial charge < -0.3 is 21.1 Å². The number of β-amino-alcohol motifs (C(OH)–C–C–N with tert-alkyl or cyclic N) is 1. The molecular formula is C25H33ClFN5O2. The third-order valence-electron chi connectivity index (χ3n) is 8.00. The van der Waals surface area contributed by atoms with E-state index >= 15 is 0 Å². The Balaban J connectivity index is 1.29. The summed E-state index contributed by atoms with van der Waals surface area (Å²) in [5, 5.41) is 18.7. The van der Waals surface area contributed by atoms with Gasteiger partial charge in [0.15, 0.2) is 0 Å². The van der Waals surface area contributed by atoms with Crippen molar-refractivity contribution in [1.29, 1.82) is 0 Å². The van der Waals surface area contributed by atoms with Gasteiger partial charge in [-0.25, -0.2) is 4.39 Å². The van der Waals surface area contributed by atoms with Crippen molar-refractivity contribution in [2.24, 2.45) is 18.9 Å². The minimum absolute atomic E-state index is 0.0576. The molecule has 1 aliphatic heterocycles. The van der Waals surface area contributed by atoms with E-state index < -0.39 is 11.4 Å². The van der Waals surface area contributed by atoms with Crippen LogP contribution in [0.2, 0.25) is 5.02 Å². The van der Waals surface area contributed by atoms with Crippen LogP contribution in [0.4, 0.5) is 15.9 Å². The lowest BCUT2D eigenvalue weighted by atomic mass is 9.91. The first-order valence-electron chi connectivity index (χ1n) is 12.3. The average Bonchev–Trinajstić information content (AvgIpc) is 3.40. The molecule has 2 aliphatic carbocycles. The van der Waals surface area contributed by atoms with Gasteiger partial charge in [-0.1, -0.05) is 18.0 Å². The third-order valence-corrected chi connectivity index (χ3v) is 8.29. The first-order chi connectivity index (χ1) is 16.2. The van der Waals surface area contributed by atoms with Crippen LogP contribution in [0.15, 0.2) is 18.2 Å². The van der Waals surface area contributed by atoms with Gasteiger partial charge in [0.2, 0.25) is 0 Å². The van der Waals surface area contributed by atoms with Crippen molar-refractivity contribution in [3.05, 3.63) is 40.3 Å². The van der Waals surface area contributed by atoms with E-state index in [1.54, 1.807) is 11.7 Å². The normalized spacial score (nSPS) is 29.4. The highest BCUT2D eigenvalue weighted by Gasteiger charge is 2.50. The number of nitrogens with two attached hydrogens (primary N) is 1. The van der Waals surface area contributed by atoms with Crippen molar-refractivity contribution in [2.75, 3.05) is 30.7 Å². The molecule has 2 unspecified atom stereocenters. The molecule has 0 bridgehead atoms. The highest BCUT2D eigenvalue weighted by atomic mass is 35.5. The number of hydrogen-bond donors (Lipinski definition) is 3. The van der Waals surface area contributed by atoms with Crippen molar-refractivity contribution < 1.29 is 14.3 Å². The molecular weight excluding hydrogens is 457 g/mol. The highest BCUT2D eigenvalue weighted by molar-refractivity contribution is 6.31. The monoisotopic (exact) mass is 489 g/mol. The minimum Gasteiger partial charge on any atom is -0.389 e. The number of nitrogen functional groups attached to an aromatic ring is 1. The number of nitrogens with one attached hydrogen (secondary N) is 1. The largest absolute Gasteiger partial charge is 0.389 e. The summed E-state index contributed by atoms with van der Waals surface area (Å²) in [5.41, 5.74) is 7.12. The molecule has 2 saturated carbocycles. The molecule has 2 heterocycles. The highest BCUT2D eigenvalue weighted by Crippen LogP contribution is 2.54. The van der Waals surface area contributed by atoms with Crippen molar-refractivity contribution >= 4 is 29.0 Å². The lowest BCUT2D eigenvalue weighted by Crippen LogP contribution is -2.44. The first kappa shape index (κ1) is 23.6. The Morgan fingerprint density at radius 1 is 1.26 bits per heavy atom. The topological polar surface area (TPSA) is 96.4 Å². The van der Waals surface area contributed by atoms with Gasteiger partial charge in [-0.15, -0.1) is 0 Å². The van der Waals surface area contributed by atoms with Crippen LogP contribution in [-0.4, -0.2) is 50.9 Å². The van der Waals surface area contributed by atoms with E-state index in [0.29, 0.717) is 34.6 Å². The number of aliphatic hydroxyl groups is 1. The Bertz CT molecular complexity index is 1070. The predicted octanol–water partition coefficient (Wildman–Crippen LogP) is 4.17. The Morgan fingerprint density at radius 3 is 2.59 bits per heavy atom. The quantitative estimate of drug-likeness (QED) is 0.585. The number of halogens is 2. The van der Waals surface area contributed by atoms with Gasteiger partial charge in [0, 0.05) is 25.2 Å². The molecule has 3 aliphatic rings. The fourth-order valence-electron chi connectivity index (χ4n) is 6.50. The summed E-state index contributed by atoms with van der Waals surface area (Å²) >= 11 is 5.86. The van der Waals surface area contributed by atoms with Crippen LogP contribution in [0, 0.1) is 17.7 Å². The fourth-order valence-corrected chi connectivity index (χ4v) is 6.68. The Labute approximate surface area is 204 Å². The number of carbonyl (C=O) groups excluding carboxylic acids is 1. The standard InChI is InChI=1S/C25H33ClFN5O2/c1-31-23(28)21(24(33)29-18-5-6-20(27)19(26)11-18)22(30-31)15-9-16-12-25(34,13-17(16)10-15)14-32-7-3-2-4-8-32/h5-6,11,15-17,34H,2-4,7-10,12-14,28H2,1H3,(H,29,33). The van der Waals surface area contributed by atoms with Crippen LogP contribution >= 0.6 is 11.6 Å². The van der Waals surface area contributed by atoms with Crippen molar-refractivity contribution in [3.63, 3.8) is 0 Å². The summed E-state index contributed by atoms with van der Waals surface area (Å²) in [6.45, 7) is 2.95. The van der Waals surface area contributed by atoms with Gasteiger partial charge in [-0.2, -0.15) is 5.10 Å². The lowest BCUT2D eigenvalue weighted by molar-refractivity contribution is -0.00274. The molecule has 3 fully saturated rings. The smallest absolute Gasteiger partial charge is 0.261 e. The van der Waals surface area contributed by atoms with Gasteiger partial charge in [-0.3, -0.25) is 9.48 Å². The number of benzene rings is 1. The Morgan fingerprint density at radius 2 is 1.94 bits per heavy atom. The van der Waals surface area contributed by atoms with Crippen LogP contribution < -0.4 is 11.1 Å². The number of nitrogens with zero attached hydrogens (tertiary/aromatic N) is 3. The van der Waals surface area contributed by atoms with Gasteiger partial charge in [-0.05, 0) is 81.6 Å². The molecule has 0 radical (unpaired) electrons. The molecule has 1 aromatic heterocycles. The van der Waals surface area contributed by atoms with E-state index in [1.807, 2.05) is 0 Å². The number of piperidine rings is 1. The maximum Gasteiger partial charge on any atom is 0.261 e. The molecule has 7 nitrogen and oxygen atoms in total. The van der Waals surface area contributed by atoms with E-state index in [-0.39, 0.29) is 16.8 Å². The zero-order valence-electron chi connectivity index (χ0n) is 19.6. The van der Waals surface area contributed by atoms with E-state index in [9.17, 15) is 14.3 Å². The number of carbonyl (C=O) groups is 1. The Hall–Kier alpha value is -2.16. The summed E-state index contributed by atoms with van der Waals surface area (Å²) in [4.78, 5) is 15.6. The molecule has 4 N–H and O–H groups in total. The molecule has 9 heteroatoms. The molecule has 184 valence electrons. The number of aryl methyl sites for hydroxylation is 1. The molecule has 0 spiro atoms. The van der Waals surface area contributed by atoms with E-state index in [0.717, 1.165) is 45.3 Å². The molecule has 2 aromatic rings. The average molecular weight is 490 g/mol. The van der Waals surface area contributed by atoms with Crippen LogP contribution in [0.3, 0.4) is 0 Å². The van der Waals surface area contributed by atoms with Crippen molar-refractivity contribution in [2.45, 2.75) is 56.5 Å². The Kier molecular flexibility index (Phi) is 6.33. The number of amides is 1. The predicted molar refractivity (Wildman–Crippen MR) is 130 cm³/mol. The van der Waals surface area contributed by atoms with E-state index in [4.69, 9.17) is 17.3 Å². The van der Waals surface area contributed by atoms with Crippen LogP contribution in [0.5, 0.6) is 0 Å². The van der Waals surface area contributed by atoms with Crippen molar-refractivity contribution in [1.82, 2.24) is 14.7 Å². The van der Waals surface area contributed by atoms with Gasteiger partial charge in [0.05, 0.1) is 16.3 Å². The maximum absolute atomic E-state index is 13.5. The second-order valence-electron chi connectivity index (χ2n) is 10.5. The molecule has 34 heavy (non-hydrogen) atoms. The third kappa shape index (κ3) is 4.55. The summed E-state index contributed by atoms with van der Waals surface area (Å²) in [5.74, 6) is 0.362. The summed E-state index contributed by atoms with van der Waals surface area (Å²) in [6.07, 6.45) is 7.14. The number of hydrogen-bond acceptors (Lipinski definition) is 5. The summed E-state index contributed by atoms with van der Waals surface area (Å²) < 4.78 is 15.0.